The van der Waals surface area contributed by atoms with Crippen LogP contribution in [-0.4, -0.2) is 83.9 Å². The van der Waals surface area contributed by atoms with E-state index in [0.717, 1.165) is 176 Å². The number of fused-ring (bicyclic) bond motifs is 12. The number of carbonyl (C=O) groups excluding carboxylic acids is 4. The molecule has 28 heteroatoms. The zero-order valence-electron chi connectivity index (χ0n) is 65.3. The molecule has 8 aromatic carbocycles. The molecule has 4 aliphatic rings. The van der Waals surface area contributed by atoms with Crippen molar-refractivity contribution in [1.82, 2.24) is 39.9 Å². The van der Waals surface area contributed by atoms with Gasteiger partial charge in [0, 0.05) is 37.0 Å². The molecule has 20 nitrogen and oxygen atoms in total. The van der Waals surface area contributed by atoms with Gasteiger partial charge in [0.2, 0.25) is 23.5 Å². The molecule has 0 aliphatic heterocycles. The molecule has 0 unspecified atom stereocenters. The molecule has 119 heavy (non-hydrogen) atoms. The van der Waals surface area contributed by atoms with Gasteiger partial charge in [-0.25, -0.2) is 70.6 Å². The maximum Gasteiger partial charge on any atom is 0.256 e. The highest BCUT2D eigenvalue weighted by atomic mass is 127. The number of halogens is 8. The standard InChI is InChI=1S/C23H18F5N3O2.C23H21F2N3O2.C23H22IN3O2.C22H21N3O2/c1-2-3-15-23(30-14-7-4-10-8-11(32)5-6-12(10)22(14)29-15)31-16(33)9-13-17(24)19(26)21(28)20(27)18(13)25;1-2-3-20-23(28-21(30)11-13-4-8-17(24)18(25)10-13)27-19-9-5-14-12-15(29)6-7-16(14)22(19)26-20;1-2-3-20-23(27-21(29)12-14-4-7-16(24)8-5-14)26-19-11-6-15-13-17(28)9-10-18(15)22(19)25-20;1-2-6-19-21(25-22(27)14-7-4-3-5-8-14)24-18-12-9-15-13-16(26)10-11-17(15)20(18)23-19/h5-6,8,32H,2-4,7,9H2,1H3,(H,30,31,33);4,6-8,10,12,29H,2-3,5,9,11H2,1H3,(H,27,28,30);4-5,7-10,13,28H,2-3,6,11-12H2,1H3,(H,26,27,29);3-5,7-8,10-11,13,26H,2,6,9,12H2,1H3,(H,24,25,27). The van der Waals surface area contributed by atoms with E-state index in [2.05, 4.69) is 72.7 Å². The number of carbonyl (C=O) groups is 4. The molecule has 0 atom stereocenters. The van der Waals surface area contributed by atoms with Gasteiger partial charge >= 0.3 is 0 Å². The van der Waals surface area contributed by atoms with Crippen molar-refractivity contribution in [3.63, 3.8) is 0 Å². The molecule has 0 spiro atoms. The average molecular weight is 1730 g/mol. The van der Waals surface area contributed by atoms with Gasteiger partial charge in [-0.05, 0) is 242 Å². The maximum atomic E-state index is 13.9. The van der Waals surface area contributed by atoms with Gasteiger partial charge in [0.1, 0.15) is 23.0 Å². The first kappa shape index (κ1) is 84.3. The molecule has 0 saturated carbocycles. The molecule has 0 saturated heterocycles. The lowest BCUT2D eigenvalue weighted by Crippen LogP contribution is -2.21. The number of benzene rings is 8. The number of rotatable bonds is 19. The highest BCUT2D eigenvalue weighted by Crippen LogP contribution is 2.40. The lowest BCUT2D eigenvalue weighted by Gasteiger charge is -2.21. The lowest BCUT2D eigenvalue weighted by molar-refractivity contribution is -0.116. The Kier molecular flexibility index (Phi) is 26.8. The van der Waals surface area contributed by atoms with Crippen LogP contribution in [0.1, 0.15) is 148 Å². The van der Waals surface area contributed by atoms with E-state index in [1.807, 2.05) is 74.5 Å². The number of phenols is 4. The van der Waals surface area contributed by atoms with Crippen molar-refractivity contribution in [1.29, 1.82) is 0 Å². The van der Waals surface area contributed by atoms with Crippen LogP contribution in [-0.2, 0) is 111 Å². The fraction of sp³-hybridized carbons (Fsp3) is 0.253. The molecule has 4 amide bonds. The monoisotopic (exact) mass is 1730 g/mol. The van der Waals surface area contributed by atoms with Gasteiger partial charge in [-0.2, -0.15) is 0 Å². The van der Waals surface area contributed by atoms with E-state index in [-0.39, 0.29) is 53.0 Å². The van der Waals surface area contributed by atoms with Gasteiger partial charge in [-0.1, -0.05) is 89.8 Å². The quantitative estimate of drug-likeness (QED) is 0.0161. The van der Waals surface area contributed by atoms with E-state index < -0.39 is 58.6 Å². The molecule has 4 heterocycles. The summed E-state index contributed by atoms with van der Waals surface area (Å²) in [6, 6.07) is 41.4. The van der Waals surface area contributed by atoms with E-state index in [4.69, 9.17) is 24.9 Å². The zero-order chi connectivity index (χ0) is 84.3. The van der Waals surface area contributed by atoms with Gasteiger partial charge in [-0.15, -0.1) is 0 Å². The number of phenolic OH excluding ortho intramolecular Hbond substituents is 4. The summed E-state index contributed by atoms with van der Waals surface area (Å²) in [5, 5.41) is 50.1. The molecule has 12 aromatic rings. The van der Waals surface area contributed by atoms with Crippen molar-refractivity contribution in [2.75, 3.05) is 21.3 Å². The van der Waals surface area contributed by atoms with Gasteiger partial charge in [0.05, 0.1) is 87.6 Å². The maximum absolute atomic E-state index is 13.9. The third-order valence-corrected chi connectivity index (χ3v) is 21.0. The van der Waals surface area contributed by atoms with Gasteiger partial charge in [0.15, 0.2) is 58.2 Å². The van der Waals surface area contributed by atoms with E-state index in [1.165, 1.54) is 12.1 Å². The van der Waals surface area contributed by atoms with Crippen LogP contribution in [0.4, 0.5) is 54.0 Å². The molecule has 0 fully saturated rings. The summed E-state index contributed by atoms with van der Waals surface area (Å²) >= 11 is 2.25. The highest BCUT2D eigenvalue weighted by Gasteiger charge is 2.31. The fourth-order valence-electron chi connectivity index (χ4n) is 14.6. The zero-order valence-corrected chi connectivity index (χ0v) is 67.5. The molecule has 0 radical (unpaired) electrons. The first-order valence-electron chi connectivity index (χ1n) is 39.2. The Balaban J connectivity index is 0.000000138. The Morgan fingerprint density at radius 3 is 1.01 bits per heavy atom. The first-order chi connectivity index (χ1) is 57.3. The van der Waals surface area contributed by atoms with E-state index in [9.17, 15) is 70.3 Å². The summed E-state index contributed by atoms with van der Waals surface area (Å²) < 4.78 is 95.7. The largest absolute Gasteiger partial charge is 0.508 e. The summed E-state index contributed by atoms with van der Waals surface area (Å²) in [5.74, 6) is -11.6. The second-order valence-corrected chi connectivity index (χ2v) is 30.3. The SMILES string of the molecule is CCCc1nc2c(nc1NC(=O)Cc1c(F)c(F)c(F)c(F)c1F)CCc1cc(O)ccc1-2.CCCc1nc2c(nc1NC(=O)Cc1ccc(F)c(F)c1)CCc1cc(O)ccc1-2.CCCc1nc2c(nc1NC(=O)Cc1ccc(I)cc1)CCc1cc(O)ccc1-2.CCCc1nc2c(nc1NC(=O)c1ccccc1)CCc1cc(O)ccc1-2. The van der Waals surface area contributed by atoms with E-state index in [1.54, 1.807) is 60.7 Å². The summed E-state index contributed by atoms with van der Waals surface area (Å²) in [6.45, 7) is 8.06. The first-order valence-corrected chi connectivity index (χ1v) is 40.2. The molecule has 16 rings (SSSR count). The van der Waals surface area contributed by atoms with Crippen molar-refractivity contribution in [3.05, 3.63) is 280 Å². The number of aromatic hydroxyl groups is 4. The third-order valence-electron chi connectivity index (χ3n) is 20.3. The summed E-state index contributed by atoms with van der Waals surface area (Å²) in [6.07, 6.45) is 10.5. The number of hydrogen-bond donors (Lipinski definition) is 8. The summed E-state index contributed by atoms with van der Waals surface area (Å²) in [5.41, 5.74) is 17.6. The van der Waals surface area contributed by atoms with Crippen LogP contribution in [0.2, 0.25) is 0 Å². The van der Waals surface area contributed by atoms with Crippen molar-refractivity contribution in [2.24, 2.45) is 0 Å². The Labute approximate surface area is 694 Å². The van der Waals surface area contributed by atoms with Crippen LogP contribution < -0.4 is 21.3 Å². The molecule has 4 aromatic heterocycles. The highest BCUT2D eigenvalue weighted by molar-refractivity contribution is 14.1. The number of aryl methyl sites for hydroxylation is 12. The number of nitrogens with one attached hydrogen (secondary N) is 4. The van der Waals surface area contributed by atoms with Crippen LogP contribution in [0.25, 0.3) is 45.0 Å². The minimum absolute atomic E-state index is 0.0756. The van der Waals surface area contributed by atoms with Crippen LogP contribution in [0.5, 0.6) is 23.0 Å². The van der Waals surface area contributed by atoms with Crippen LogP contribution in [0, 0.1) is 44.3 Å². The molecular weight excluding hydrogens is 1650 g/mol. The second-order valence-electron chi connectivity index (χ2n) is 29.0. The summed E-state index contributed by atoms with van der Waals surface area (Å²) in [4.78, 5) is 88.1. The number of nitrogens with zero attached hydrogens (tertiary/aromatic N) is 8. The van der Waals surface area contributed by atoms with E-state index in [0.29, 0.717) is 96.3 Å². The number of hydrogen-bond acceptors (Lipinski definition) is 16. The van der Waals surface area contributed by atoms with Gasteiger partial charge < -0.3 is 41.7 Å². The Morgan fingerprint density at radius 1 is 0.345 bits per heavy atom. The van der Waals surface area contributed by atoms with Crippen LogP contribution in [0.15, 0.2) is 146 Å². The van der Waals surface area contributed by atoms with Crippen LogP contribution in [0.3, 0.4) is 0 Å². The summed E-state index contributed by atoms with van der Waals surface area (Å²) in [7, 11) is 0. The van der Waals surface area contributed by atoms with Crippen molar-refractivity contribution < 1.29 is 70.3 Å². The van der Waals surface area contributed by atoms with Crippen molar-refractivity contribution in [2.45, 2.75) is 150 Å². The molecule has 8 N–H and O–H groups in total. The number of amides is 4. The van der Waals surface area contributed by atoms with Crippen LogP contribution >= 0.6 is 22.6 Å². The number of anilines is 4. The van der Waals surface area contributed by atoms with Gasteiger partial charge in [0.25, 0.3) is 5.91 Å². The predicted octanol–water partition coefficient (Wildman–Crippen LogP) is 18.0. The molecular formula is C91H82F7IN12O8. The average Bonchev–Trinajstić information content (AvgIpc) is 0.786. The van der Waals surface area contributed by atoms with E-state index >= 15 is 0 Å². The number of aromatic nitrogens is 8. The topological polar surface area (TPSA) is 300 Å². The minimum atomic E-state index is -2.28. The Hall–Kier alpha value is -12.6. The fourth-order valence-corrected chi connectivity index (χ4v) is 15.0. The molecule has 4 aliphatic carbocycles. The third kappa shape index (κ3) is 19.8. The normalized spacial score (nSPS) is 12.2. The predicted molar refractivity (Wildman–Crippen MR) is 445 cm³/mol. The Bertz CT molecular complexity index is 5880. The molecule has 0 bridgehead atoms. The van der Waals surface area contributed by atoms with Crippen molar-refractivity contribution >= 4 is 69.5 Å². The van der Waals surface area contributed by atoms with Gasteiger partial charge in [-0.3, -0.25) is 19.2 Å². The smallest absolute Gasteiger partial charge is 0.256 e. The molecule has 610 valence electrons. The lowest BCUT2D eigenvalue weighted by atomic mass is 9.91. The Morgan fingerprint density at radius 2 is 0.664 bits per heavy atom. The second kappa shape index (κ2) is 37.8. The van der Waals surface area contributed by atoms with Crippen molar-refractivity contribution in [3.8, 4) is 68.0 Å². The minimum Gasteiger partial charge on any atom is -0.508 e.